The number of carbonyl (C=O) groups is 1. The van der Waals surface area contributed by atoms with Gasteiger partial charge in [0, 0.05) is 24.5 Å². The van der Waals surface area contributed by atoms with Crippen molar-refractivity contribution in [3.8, 4) is 0 Å². The molecule has 3 rings (SSSR count). The molecule has 0 fully saturated rings. The van der Waals surface area contributed by atoms with Gasteiger partial charge < -0.3 is 9.73 Å². The first-order chi connectivity index (χ1) is 12.9. The number of hydrogen-bond donors (Lipinski definition) is 1. The average Bonchev–Trinajstić information content (AvgIpc) is 3.18. The first kappa shape index (κ1) is 18.8. The van der Waals surface area contributed by atoms with Crippen molar-refractivity contribution in [1.82, 2.24) is 10.3 Å². The summed E-state index contributed by atoms with van der Waals surface area (Å²) in [5.74, 6) is -0.0903. The molecule has 6 nitrogen and oxygen atoms in total. The minimum Gasteiger partial charge on any atom is -0.468 e. The third-order valence-electron chi connectivity index (χ3n) is 4.43. The van der Waals surface area contributed by atoms with Gasteiger partial charge in [-0.25, -0.2) is 8.42 Å². The van der Waals surface area contributed by atoms with E-state index in [1.165, 1.54) is 18.7 Å². The van der Waals surface area contributed by atoms with Crippen LogP contribution in [0.5, 0.6) is 0 Å². The van der Waals surface area contributed by atoms with Gasteiger partial charge in [-0.2, -0.15) is 0 Å². The molecule has 3 aromatic rings. The monoisotopic (exact) mass is 384 g/mol. The second kappa shape index (κ2) is 7.75. The molecule has 2 heterocycles. The van der Waals surface area contributed by atoms with Crippen LogP contribution in [0, 0.1) is 13.8 Å². The Bertz CT molecular complexity index is 1030. The smallest absolute Gasteiger partial charge is 0.251 e. The summed E-state index contributed by atoms with van der Waals surface area (Å²) in [5.41, 5.74) is 2.30. The first-order valence-electron chi connectivity index (χ1n) is 8.42. The Morgan fingerprint density at radius 3 is 2.48 bits per heavy atom. The summed E-state index contributed by atoms with van der Waals surface area (Å²) in [5, 5.41) is 1.66. The minimum atomic E-state index is -3.76. The highest BCUT2D eigenvalue weighted by molar-refractivity contribution is 7.91. The summed E-state index contributed by atoms with van der Waals surface area (Å²) >= 11 is 0. The zero-order valence-electron chi connectivity index (χ0n) is 15.0. The van der Waals surface area contributed by atoms with Crippen LogP contribution in [-0.2, 0) is 9.84 Å². The van der Waals surface area contributed by atoms with Gasteiger partial charge in [0.05, 0.1) is 11.2 Å². The number of aryl methyl sites for hydroxylation is 2. The van der Waals surface area contributed by atoms with Crippen molar-refractivity contribution in [2.45, 2.75) is 24.0 Å². The van der Waals surface area contributed by atoms with Gasteiger partial charge in [-0.3, -0.25) is 9.78 Å². The standard InChI is InChI=1S/C20H20N2O4S/c1-14-5-6-17(12-15(14)2)27(24,25)19(18-4-3-11-26-18)13-22-20(23)16-7-9-21-10-8-16/h3-12,19H,13H2,1-2H3,(H,22,23)/t19-/m1/s1. The number of carbonyl (C=O) groups excluding carboxylic acids is 1. The second-order valence-electron chi connectivity index (χ2n) is 6.24. The van der Waals surface area contributed by atoms with Gasteiger partial charge in [0.1, 0.15) is 11.0 Å². The Morgan fingerprint density at radius 2 is 1.85 bits per heavy atom. The summed E-state index contributed by atoms with van der Waals surface area (Å²) in [7, 11) is -3.76. The molecule has 0 aliphatic rings. The summed E-state index contributed by atoms with van der Waals surface area (Å²) in [6, 6.07) is 11.4. The zero-order chi connectivity index (χ0) is 19.4. The molecule has 0 unspecified atom stereocenters. The molecule has 7 heteroatoms. The number of benzene rings is 1. The van der Waals surface area contributed by atoms with Crippen LogP contribution < -0.4 is 5.32 Å². The van der Waals surface area contributed by atoms with E-state index in [1.54, 1.807) is 42.5 Å². The topological polar surface area (TPSA) is 89.3 Å². The lowest BCUT2D eigenvalue weighted by Gasteiger charge is -2.17. The third-order valence-corrected chi connectivity index (χ3v) is 6.49. The van der Waals surface area contributed by atoms with Gasteiger partial charge in [-0.05, 0) is 61.4 Å². The van der Waals surface area contributed by atoms with Gasteiger partial charge in [-0.1, -0.05) is 6.07 Å². The molecule has 0 saturated carbocycles. The molecule has 0 radical (unpaired) electrons. The maximum absolute atomic E-state index is 13.2. The fourth-order valence-corrected chi connectivity index (χ4v) is 4.35. The predicted octanol–water partition coefficient (Wildman–Crippen LogP) is 3.24. The number of amides is 1. The lowest BCUT2D eigenvalue weighted by Crippen LogP contribution is -2.31. The van der Waals surface area contributed by atoms with Gasteiger partial charge in [0.2, 0.25) is 0 Å². The highest BCUT2D eigenvalue weighted by Crippen LogP contribution is 2.30. The van der Waals surface area contributed by atoms with Crippen LogP contribution in [0.15, 0.2) is 70.4 Å². The highest BCUT2D eigenvalue weighted by atomic mass is 32.2. The number of pyridine rings is 1. The van der Waals surface area contributed by atoms with Crippen LogP contribution in [0.1, 0.15) is 32.5 Å². The van der Waals surface area contributed by atoms with Crippen LogP contribution in [-0.4, -0.2) is 25.9 Å². The maximum atomic E-state index is 13.2. The first-order valence-corrected chi connectivity index (χ1v) is 9.97. The summed E-state index contributed by atoms with van der Waals surface area (Å²) in [4.78, 5) is 16.4. The number of nitrogens with one attached hydrogen (secondary N) is 1. The van der Waals surface area contributed by atoms with E-state index >= 15 is 0 Å². The quantitative estimate of drug-likeness (QED) is 0.705. The van der Waals surface area contributed by atoms with Crippen molar-refractivity contribution in [1.29, 1.82) is 0 Å². The lowest BCUT2D eigenvalue weighted by atomic mass is 10.1. The number of aromatic nitrogens is 1. The molecule has 2 aromatic heterocycles. The van der Waals surface area contributed by atoms with E-state index in [1.807, 2.05) is 13.8 Å². The molecule has 0 spiro atoms. The molecule has 1 amide bonds. The Labute approximate surface area is 158 Å². The van der Waals surface area contributed by atoms with E-state index in [4.69, 9.17) is 4.42 Å². The second-order valence-corrected chi connectivity index (χ2v) is 8.37. The highest BCUT2D eigenvalue weighted by Gasteiger charge is 2.32. The molecular formula is C20H20N2O4S. The van der Waals surface area contributed by atoms with Crippen molar-refractivity contribution >= 4 is 15.7 Å². The lowest BCUT2D eigenvalue weighted by molar-refractivity contribution is 0.0953. The third kappa shape index (κ3) is 4.09. The summed E-state index contributed by atoms with van der Waals surface area (Å²) in [6.07, 6.45) is 4.43. The average molecular weight is 384 g/mol. The molecule has 27 heavy (non-hydrogen) atoms. The Hall–Kier alpha value is -2.93. The normalized spacial score (nSPS) is 12.5. The Balaban J connectivity index is 1.90. The zero-order valence-corrected chi connectivity index (χ0v) is 15.9. The van der Waals surface area contributed by atoms with E-state index in [9.17, 15) is 13.2 Å². The van der Waals surface area contributed by atoms with E-state index in [-0.39, 0.29) is 23.1 Å². The number of nitrogens with zero attached hydrogens (tertiary/aromatic N) is 1. The van der Waals surface area contributed by atoms with Gasteiger partial charge >= 0.3 is 0 Å². The molecule has 0 aliphatic heterocycles. The van der Waals surface area contributed by atoms with Crippen LogP contribution in [0.25, 0.3) is 0 Å². The fourth-order valence-electron chi connectivity index (χ4n) is 2.68. The van der Waals surface area contributed by atoms with Crippen molar-refractivity contribution in [3.63, 3.8) is 0 Å². The molecule has 140 valence electrons. The molecule has 0 aliphatic carbocycles. The van der Waals surface area contributed by atoms with Gasteiger partial charge in [0.25, 0.3) is 5.91 Å². The summed E-state index contributed by atoms with van der Waals surface area (Å²) in [6.45, 7) is 3.68. The molecule has 0 saturated heterocycles. The minimum absolute atomic E-state index is 0.107. The fraction of sp³-hybridized carbons (Fsp3) is 0.200. The molecule has 1 atom stereocenters. The van der Waals surface area contributed by atoms with E-state index in [2.05, 4.69) is 10.3 Å². The molecular weight excluding hydrogens is 364 g/mol. The van der Waals surface area contributed by atoms with Gasteiger partial charge in [-0.15, -0.1) is 0 Å². The SMILES string of the molecule is Cc1ccc(S(=O)(=O)[C@H](CNC(=O)c2ccncc2)c2ccco2)cc1C. The van der Waals surface area contributed by atoms with E-state index in [0.29, 0.717) is 5.56 Å². The molecule has 1 N–H and O–H groups in total. The Kier molecular flexibility index (Phi) is 5.41. The van der Waals surface area contributed by atoms with Crippen molar-refractivity contribution in [2.24, 2.45) is 0 Å². The number of sulfone groups is 1. The molecule has 0 bridgehead atoms. The van der Waals surface area contributed by atoms with Crippen molar-refractivity contribution in [3.05, 3.63) is 83.6 Å². The number of furan rings is 1. The number of rotatable bonds is 6. The predicted molar refractivity (Wildman–Crippen MR) is 101 cm³/mol. The van der Waals surface area contributed by atoms with Crippen LogP contribution in [0.4, 0.5) is 0 Å². The van der Waals surface area contributed by atoms with E-state index < -0.39 is 15.1 Å². The van der Waals surface area contributed by atoms with Crippen LogP contribution in [0.3, 0.4) is 0 Å². The maximum Gasteiger partial charge on any atom is 0.251 e. The van der Waals surface area contributed by atoms with E-state index in [0.717, 1.165) is 11.1 Å². The largest absolute Gasteiger partial charge is 0.468 e. The summed E-state index contributed by atoms with van der Waals surface area (Å²) < 4.78 is 31.8. The van der Waals surface area contributed by atoms with Gasteiger partial charge in [0.15, 0.2) is 9.84 Å². The van der Waals surface area contributed by atoms with Crippen molar-refractivity contribution < 1.29 is 17.6 Å². The number of hydrogen-bond acceptors (Lipinski definition) is 5. The van der Waals surface area contributed by atoms with Crippen LogP contribution >= 0.6 is 0 Å². The molecule has 1 aromatic carbocycles. The Morgan fingerprint density at radius 1 is 1.11 bits per heavy atom. The van der Waals surface area contributed by atoms with Crippen LogP contribution in [0.2, 0.25) is 0 Å². The van der Waals surface area contributed by atoms with Crippen molar-refractivity contribution in [2.75, 3.05) is 6.54 Å².